The largest absolute Gasteiger partial charge is 0.393 e. The standard InChI is InChI=1S/C15H29N3O2.HI/c1-2-16-15(17-9-10-20-11-12-3-4-12)18-13-5-7-14(19)8-6-13;/h12-14,19H,2-11H2,1H3,(H2,16,17,18);1H. The van der Waals surface area contributed by atoms with Crippen LogP contribution < -0.4 is 10.6 Å². The Morgan fingerprint density at radius 2 is 1.90 bits per heavy atom. The Bertz CT molecular complexity index is 303. The van der Waals surface area contributed by atoms with Crippen molar-refractivity contribution in [3.05, 3.63) is 0 Å². The molecule has 5 nitrogen and oxygen atoms in total. The Morgan fingerprint density at radius 1 is 1.19 bits per heavy atom. The number of ether oxygens (including phenoxy) is 1. The van der Waals surface area contributed by atoms with Crippen LogP contribution >= 0.6 is 24.0 Å². The van der Waals surface area contributed by atoms with Crippen molar-refractivity contribution < 1.29 is 9.84 Å². The molecule has 0 aromatic carbocycles. The van der Waals surface area contributed by atoms with Crippen LogP contribution in [-0.4, -0.2) is 49.5 Å². The van der Waals surface area contributed by atoms with Gasteiger partial charge in [-0.1, -0.05) is 0 Å². The summed E-state index contributed by atoms with van der Waals surface area (Å²) in [5, 5.41) is 16.3. The third kappa shape index (κ3) is 8.21. The first-order valence-corrected chi connectivity index (χ1v) is 8.08. The van der Waals surface area contributed by atoms with E-state index in [1.54, 1.807) is 0 Å². The lowest BCUT2D eigenvalue weighted by molar-refractivity contribution is 0.120. The Hall–Kier alpha value is -0.0800. The van der Waals surface area contributed by atoms with E-state index in [4.69, 9.17) is 4.74 Å². The van der Waals surface area contributed by atoms with Crippen LogP contribution in [0.2, 0.25) is 0 Å². The lowest BCUT2D eigenvalue weighted by Crippen LogP contribution is -2.45. The highest BCUT2D eigenvalue weighted by molar-refractivity contribution is 14.0. The van der Waals surface area contributed by atoms with Gasteiger partial charge in [-0.3, -0.25) is 4.99 Å². The Labute approximate surface area is 145 Å². The van der Waals surface area contributed by atoms with Crippen LogP contribution in [0.15, 0.2) is 4.99 Å². The number of rotatable bonds is 7. The lowest BCUT2D eigenvalue weighted by Gasteiger charge is -2.27. The number of nitrogens with one attached hydrogen (secondary N) is 2. The monoisotopic (exact) mass is 411 g/mol. The molecular formula is C15H30IN3O2. The summed E-state index contributed by atoms with van der Waals surface area (Å²) < 4.78 is 5.59. The van der Waals surface area contributed by atoms with Crippen molar-refractivity contribution in [3.8, 4) is 0 Å². The molecule has 21 heavy (non-hydrogen) atoms. The molecule has 0 heterocycles. The topological polar surface area (TPSA) is 65.9 Å². The first kappa shape index (κ1) is 19.0. The van der Waals surface area contributed by atoms with Gasteiger partial charge in [0.25, 0.3) is 0 Å². The second-order valence-electron chi connectivity index (χ2n) is 5.93. The van der Waals surface area contributed by atoms with E-state index in [2.05, 4.69) is 22.5 Å². The number of aliphatic hydroxyl groups excluding tert-OH is 1. The minimum atomic E-state index is -0.108. The first-order chi connectivity index (χ1) is 9.78. The average molecular weight is 411 g/mol. The second-order valence-corrected chi connectivity index (χ2v) is 5.93. The quantitative estimate of drug-likeness (QED) is 0.259. The number of hydrogen-bond acceptors (Lipinski definition) is 3. The summed E-state index contributed by atoms with van der Waals surface area (Å²) in [6, 6.07) is 0.434. The van der Waals surface area contributed by atoms with Crippen LogP contribution in [0.5, 0.6) is 0 Å². The maximum Gasteiger partial charge on any atom is 0.191 e. The molecule has 2 saturated carbocycles. The number of aliphatic imine (C=N–C) groups is 1. The van der Waals surface area contributed by atoms with Crippen LogP contribution in [0.25, 0.3) is 0 Å². The van der Waals surface area contributed by atoms with Crippen molar-refractivity contribution in [2.75, 3.05) is 26.3 Å². The number of aliphatic hydroxyl groups is 1. The Morgan fingerprint density at radius 3 is 2.52 bits per heavy atom. The number of hydrogen-bond donors (Lipinski definition) is 3. The molecule has 0 unspecified atom stereocenters. The molecule has 2 aliphatic carbocycles. The van der Waals surface area contributed by atoms with Gasteiger partial charge in [0.1, 0.15) is 0 Å². The van der Waals surface area contributed by atoms with Gasteiger partial charge in [-0.05, 0) is 51.4 Å². The van der Waals surface area contributed by atoms with Gasteiger partial charge in [-0.25, -0.2) is 0 Å². The van der Waals surface area contributed by atoms with Gasteiger partial charge in [0.2, 0.25) is 0 Å². The molecular weight excluding hydrogens is 381 g/mol. The zero-order chi connectivity index (χ0) is 14.2. The van der Waals surface area contributed by atoms with Gasteiger partial charge in [0, 0.05) is 19.2 Å². The fourth-order valence-corrected chi connectivity index (χ4v) is 2.49. The summed E-state index contributed by atoms with van der Waals surface area (Å²) in [6.07, 6.45) is 6.38. The van der Waals surface area contributed by atoms with Gasteiger partial charge in [-0.15, -0.1) is 24.0 Å². The highest BCUT2D eigenvalue weighted by atomic mass is 127. The summed E-state index contributed by atoms with van der Waals surface area (Å²) in [4.78, 5) is 4.55. The average Bonchev–Trinajstić information content (AvgIpc) is 3.25. The highest BCUT2D eigenvalue weighted by Crippen LogP contribution is 2.28. The van der Waals surface area contributed by atoms with Gasteiger partial charge >= 0.3 is 0 Å². The fraction of sp³-hybridized carbons (Fsp3) is 0.933. The predicted molar refractivity (Wildman–Crippen MR) is 96.3 cm³/mol. The van der Waals surface area contributed by atoms with Gasteiger partial charge < -0.3 is 20.5 Å². The molecule has 0 aromatic heterocycles. The third-order valence-electron chi connectivity index (χ3n) is 3.94. The lowest BCUT2D eigenvalue weighted by atomic mass is 9.93. The van der Waals surface area contributed by atoms with Gasteiger partial charge in [0.05, 0.1) is 19.3 Å². The zero-order valence-electron chi connectivity index (χ0n) is 13.0. The summed E-state index contributed by atoms with van der Waals surface area (Å²) in [5.41, 5.74) is 0. The van der Waals surface area contributed by atoms with Gasteiger partial charge in [-0.2, -0.15) is 0 Å². The minimum absolute atomic E-state index is 0. The molecule has 0 bridgehead atoms. The molecule has 0 amide bonds. The maximum absolute atomic E-state index is 9.52. The SMILES string of the molecule is CCNC(=NCCOCC1CC1)NC1CCC(O)CC1.I. The van der Waals surface area contributed by atoms with Crippen molar-refractivity contribution in [1.82, 2.24) is 10.6 Å². The van der Waals surface area contributed by atoms with E-state index in [1.807, 2.05) is 0 Å². The molecule has 124 valence electrons. The summed E-state index contributed by atoms with van der Waals surface area (Å²) in [7, 11) is 0. The Kier molecular flexibility index (Phi) is 9.59. The summed E-state index contributed by atoms with van der Waals surface area (Å²) in [6.45, 7) is 5.25. The summed E-state index contributed by atoms with van der Waals surface area (Å²) in [5.74, 6) is 1.70. The van der Waals surface area contributed by atoms with Crippen LogP contribution in [-0.2, 0) is 4.74 Å². The van der Waals surface area contributed by atoms with E-state index >= 15 is 0 Å². The first-order valence-electron chi connectivity index (χ1n) is 8.08. The van der Waals surface area contributed by atoms with E-state index < -0.39 is 0 Å². The number of halogens is 1. The van der Waals surface area contributed by atoms with Crippen LogP contribution in [0, 0.1) is 5.92 Å². The summed E-state index contributed by atoms with van der Waals surface area (Å²) >= 11 is 0. The molecule has 2 aliphatic rings. The number of nitrogens with zero attached hydrogens (tertiary/aromatic N) is 1. The van der Waals surface area contributed by atoms with Crippen LogP contribution in [0.1, 0.15) is 45.4 Å². The van der Waals surface area contributed by atoms with E-state index in [-0.39, 0.29) is 30.1 Å². The van der Waals surface area contributed by atoms with E-state index in [0.29, 0.717) is 19.2 Å². The van der Waals surface area contributed by atoms with Crippen LogP contribution in [0.4, 0.5) is 0 Å². The smallest absolute Gasteiger partial charge is 0.191 e. The molecule has 0 aliphatic heterocycles. The molecule has 2 rings (SSSR count). The minimum Gasteiger partial charge on any atom is -0.393 e. The molecule has 0 atom stereocenters. The van der Waals surface area contributed by atoms with Crippen molar-refractivity contribution in [2.45, 2.75) is 57.6 Å². The highest BCUT2D eigenvalue weighted by Gasteiger charge is 2.21. The fourth-order valence-electron chi connectivity index (χ4n) is 2.49. The van der Waals surface area contributed by atoms with Crippen molar-refractivity contribution in [3.63, 3.8) is 0 Å². The molecule has 0 saturated heterocycles. The predicted octanol–water partition coefficient (Wildman–Crippen LogP) is 1.89. The zero-order valence-corrected chi connectivity index (χ0v) is 15.3. The number of guanidine groups is 1. The molecule has 0 radical (unpaired) electrons. The molecule has 6 heteroatoms. The molecule has 0 spiro atoms. The normalized spacial score (nSPS) is 26.1. The second kappa shape index (κ2) is 10.6. The van der Waals surface area contributed by atoms with E-state index in [0.717, 1.165) is 50.7 Å². The maximum atomic E-state index is 9.52. The van der Waals surface area contributed by atoms with Gasteiger partial charge in [0.15, 0.2) is 5.96 Å². The third-order valence-corrected chi connectivity index (χ3v) is 3.94. The van der Waals surface area contributed by atoms with Crippen molar-refractivity contribution in [2.24, 2.45) is 10.9 Å². The molecule has 3 N–H and O–H groups in total. The van der Waals surface area contributed by atoms with Crippen LogP contribution in [0.3, 0.4) is 0 Å². The molecule has 0 aromatic rings. The van der Waals surface area contributed by atoms with E-state index in [9.17, 15) is 5.11 Å². The van der Waals surface area contributed by atoms with E-state index in [1.165, 1.54) is 12.8 Å². The Balaban J connectivity index is 0.00000220. The van der Waals surface area contributed by atoms with Crippen molar-refractivity contribution in [1.29, 1.82) is 0 Å². The molecule has 2 fully saturated rings. The van der Waals surface area contributed by atoms with Crippen molar-refractivity contribution >= 4 is 29.9 Å².